The van der Waals surface area contributed by atoms with Crippen LogP contribution in [0.2, 0.25) is 0 Å². The van der Waals surface area contributed by atoms with Crippen LogP contribution < -0.4 is 10.1 Å². The molecule has 0 radical (unpaired) electrons. The van der Waals surface area contributed by atoms with Gasteiger partial charge in [0.2, 0.25) is 0 Å². The predicted molar refractivity (Wildman–Crippen MR) is 85.0 cm³/mol. The van der Waals surface area contributed by atoms with Crippen molar-refractivity contribution >= 4 is 0 Å². The Morgan fingerprint density at radius 3 is 2.95 bits per heavy atom. The van der Waals surface area contributed by atoms with Crippen molar-refractivity contribution in [2.45, 2.75) is 56.6 Å². The van der Waals surface area contributed by atoms with Gasteiger partial charge in [0.05, 0.1) is 12.7 Å². The molecule has 0 amide bonds. The number of para-hydroxylation sites is 1. The molecule has 3 heteroatoms. The highest BCUT2D eigenvalue weighted by Gasteiger charge is 2.28. The van der Waals surface area contributed by atoms with Crippen LogP contribution in [-0.4, -0.2) is 32.4 Å². The molecule has 0 spiro atoms. The van der Waals surface area contributed by atoms with Crippen molar-refractivity contribution in [1.29, 1.82) is 0 Å². The molecule has 1 fully saturated rings. The standard InChI is InChI=1S/C18H27NO2/c1-19-17(9-4-6-14-7-5-12-20-14)15-11-13-21-18-10-3-2-8-16(15)18/h2-3,8,10,14-15,17,19H,4-7,9,11-13H2,1H3. The van der Waals surface area contributed by atoms with Gasteiger partial charge >= 0.3 is 0 Å². The quantitative estimate of drug-likeness (QED) is 0.869. The van der Waals surface area contributed by atoms with Crippen molar-refractivity contribution in [3.05, 3.63) is 29.8 Å². The van der Waals surface area contributed by atoms with Crippen LogP contribution in [0.25, 0.3) is 0 Å². The normalized spacial score (nSPS) is 26.1. The summed E-state index contributed by atoms with van der Waals surface area (Å²) in [6.45, 7) is 1.80. The van der Waals surface area contributed by atoms with E-state index in [1.807, 2.05) is 0 Å². The molecule has 3 atom stereocenters. The first-order valence-corrected chi connectivity index (χ1v) is 8.39. The molecule has 3 nitrogen and oxygen atoms in total. The highest BCUT2D eigenvalue weighted by Crippen LogP contribution is 2.36. The Morgan fingerprint density at radius 1 is 1.24 bits per heavy atom. The topological polar surface area (TPSA) is 30.5 Å². The molecule has 21 heavy (non-hydrogen) atoms. The summed E-state index contributed by atoms with van der Waals surface area (Å²) >= 11 is 0. The summed E-state index contributed by atoms with van der Waals surface area (Å²) in [5, 5.41) is 3.54. The van der Waals surface area contributed by atoms with Crippen LogP contribution in [-0.2, 0) is 4.74 Å². The maximum atomic E-state index is 5.79. The van der Waals surface area contributed by atoms with Gasteiger partial charge in [0.15, 0.2) is 0 Å². The van der Waals surface area contributed by atoms with Gasteiger partial charge in [-0.2, -0.15) is 0 Å². The van der Waals surface area contributed by atoms with Crippen molar-refractivity contribution in [3.63, 3.8) is 0 Å². The Labute approximate surface area is 128 Å². The first-order valence-electron chi connectivity index (χ1n) is 8.39. The monoisotopic (exact) mass is 289 g/mol. The average molecular weight is 289 g/mol. The van der Waals surface area contributed by atoms with Gasteiger partial charge in [0, 0.05) is 18.6 Å². The number of fused-ring (bicyclic) bond motifs is 1. The fourth-order valence-corrected chi connectivity index (χ4v) is 3.77. The van der Waals surface area contributed by atoms with Gasteiger partial charge in [-0.05, 0) is 57.2 Å². The summed E-state index contributed by atoms with van der Waals surface area (Å²) in [4.78, 5) is 0. The molecule has 1 N–H and O–H groups in total. The van der Waals surface area contributed by atoms with E-state index in [1.165, 1.54) is 37.7 Å². The Bertz CT molecular complexity index is 443. The van der Waals surface area contributed by atoms with Crippen molar-refractivity contribution in [2.24, 2.45) is 0 Å². The zero-order valence-corrected chi connectivity index (χ0v) is 13.0. The molecule has 2 heterocycles. The SMILES string of the molecule is CNC(CCCC1CCCO1)C1CCOc2ccccc21. The smallest absolute Gasteiger partial charge is 0.122 e. The molecule has 3 unspecified atom stereocenters. The third kappa shape index (κ3) is 3.58. The molecular weight excluding hydrogens is 262 g/mol. The van der Waals surface area contributed by atoms with Crippen molar-refractivity contribution < 1.29 is 9.47 Å². The molecule has 1 aromatic carbocycles. The minimum absolute atomic E-state index is 0.518. The molecule has 0 aliphatic carbocycles. The molecule has 0 aromatic heterocycles. The lowest BCUT2D eigenvalue weighted by Gasteiger charge is -2.32. The van der Waals surface area contributed by atoms with Crippen LogP contribution in [0.4, 0.5) is 0 Å². The summed E-state index contributed by atoms with van der Waals surface area (Å²) in [5.41, 5.74) is 1.38. The first kappa shape index (κ1) is 14.9. The molecule has 1 aromatic rings. The highest BCUT2D eigenvalue weighted by atomic mass is 16.5. The second-order valence-corrected chi connectivity index (χ2v) is 6.24. The van der Waals surface area contributed by atoms with E-state index >= 15 is 0 Å². The van der Waals surface area contributed by atoms with Gasteiger partial charge in [-0.1, -0.05) is 18.2 Å². The Morgan fingerprint density at radius 2 is 2.14 bits per heavy atom. The largest absolute Gasteiger partial charge is 0.493 e. The molecule has 2 aliphatic heterocycles. The second kappa shape index (κ2) is 7.28. The fourth-order valence-electron chi connectivity index (χ4n) is 3.77. The summed E-state index contributed by atoms with van der Waals surface area (Å²) in [5.74, 6) is 1.65. The van der Waals surface area contributed by atoms with E-state index in [9.17, 15) is 0 Å². The zero-order valence-electron chi connectivity index (χ0n) is 13.0. The van der Waals surface area contributed by atoms with Crippen LogP contribution in [0.1, 0.15) is 50.0 Å². The van der Waals surface area contributed by atoms with E-state index < -0.39 is 0 Å². The van der Waals surface area contributed by atoms with Crippen LogP contribution in [0.5, 0.6) is 5.75 Å². The number of nitrogens with one attached hydrogen (secondary N) is 1. The van der Waals surface area contributed by atoms with Crippen LogP contribution in [0.3, 0.4) is 0 Å². The van der Waals surface area contributed by atoms with E-state index in [-0.39, 0.29) is 0 Å². The lowest BCUT2D eigenvalue weighted by Crippen LogP contribution is -2.35. The first-order chi connectivity index (χ1) is 10.4. The number of rotatable bonds is 6. The third-order valence-corrected chi connectivity index (χ3v) is 4.93. The molecule has 0 bridgehead atoms. The minimum Gasteiger partial charge on any atom is -0.493 e. The number of hydrogen-bond acceptors (Lipinski definition) is 3. The minimum atomic E-state index is 0.518. The number of likely N-dealkylation sites (N-methyl/N-ethyl adjacent to an activating group) is 1. The van der Waals surface area contributed by atoms with E-state index in [1.54, 1.807) is 0 Å². The maximum Gasteiger partial charge on any atom is 0.122 e. The molecule has 116 valence electrons. The lowest BCUT2D eigenvalue weighted by molar-refractivity contribution is 0.101. The summed E-state index contributed by atoms with van der Waals surface area (Å²) in [7, 11) is 2.09. The van der Waals surface area contributed by atoms with E-state index in [4.69, 9.17) is 9.47 Å². The Balaban J connectivity index is 1.58. The number of ether oxygens (including phenoxy) is 2. The van der Waals surface area contributed by atoms with E-state index in [0.717, 1.165) is 25.4 Å². The number of benzene rings is 1. The van der Waals surface area contributed by atoms with Crippen molar-refractivity contribution in [1.82, 2.24) is 5.32 Å². The maximum absolute atomic E-state index is 5.79. The van der Waals surface area contributed by atoms with Gasteiger partial charge in [-0.25, -0.2) is 0 Å². The molecule has 0 saturated carbocycles. The Hall–Kier alpha value is -1.06. The fraction of sp³-hybridized carbons (Fsp3) is 0.667. The second-order valence-electron chi connectivity index (χ2n) is 6.24. The third-order valence-electron chi connectivity index (χ3n) is 4.93. The summed E-state index contributed by atoms with van der Waals surface area (Å²) in [6, 6.07) is 9.05. The van der Waals surface area contributed by atoms with Gasteiger partial charge in [-0.3, -0.25) is 0 Å². The molecule has 3 rings (SSSR count). The van der Waals surface area contributed by atoms with E-state index in [0.29, 0.717) is 18.1 Å². The predicted octanol–water partition coefficient (Wildman–Crippen LogP) is 3.49. The van der Waals surface area contributed by atoms with Crippen molar-refractivity contribution in [2.75, 3.05) is 20.3 Å². The van der Waals surface area contributed by atoms with E-state index in [2.05, 4.69) is 36.6 Å². The van der Waals surface area contributed by atoms with Crippen LogP contribution >= 0.6 is 0 Å². The van der Waals surface area contributed by atoms with Crippen LogP contribution in [0.15, 0.2) is 24.3 Å². The number of hydrogen-bond donors (Lipinski definition) is 1. The average Bonchev–Trinajstić information content (AvgIpc) is 3.05. The van der Waals surface area contributed by atoms with Gasteiger partial charge in [0.25, 0.3) is 0 Å². The Kier molecular flexibility index (Phi) is 5.15. The van der Waals surface area contributed by atoms with Crippen molar-refractivity contribution in [3.8, 4) is 5.75 Å². The zero-order chi connectivity index (χ0) is 14.5. The van der Waals surface area contributed by atoms with Gasteiger partial charge in [0.1, 0.15) is 5.75 Å². The van der Waals surface area contributed by atoms with Gasteiger partial charge < -0.3 is 14.8 Å². The lowest BCUT2D eigenvalue weighted by atomic mass is 9.84. The molecular formula is C18H27NO2. The van der Waals surface area contributed by atoms with Crippen LogP contribution in [0, 0.1) is 0 Å². The molecule has 2 aliphatic rings. The molecule has 1 saturated heterocycles. The summed E-state index contributed by atoms with van der Waals surface area (Å²) < 4.78 is 11.5. The summed E-state index contributed by atoms with van der Waals surface area (Å²) in [6.07, 6.45) is 7.80. The van der Waals surface area contributed by atoms with Gasteiger partial charge in [-0.15, -0.1) is 0 Å². The highest BCUT2D eigenvalue weighted by molar-refractivity contribution is 5.38.